The summed E-state index contributed by atoms with van der Waals surface area (Å²) in [5.74, 6) is -1.80. The molecule has 0 saturated carbocycles. The molecule has 0 bridgehead atoms. The van der Waals surface area contributed by atoms with Crippen LogP contribution >= 0.6 is 15.9 Å². The van der Waals surface area contributed by atoms with Crippen LogP contribution in [0.4, 0.5) is 0 Å². The Kier molecular flexibility index (Phi) is 5.69. The number of carboxylic acid groups (broad SMARTS) is 1. The zero-order valence-corrected chi connectivity index (χ0v) is 13.0. The second kappa shape index (κ2) is 7.51. The lowest BCUT2D eigenvalue weighted by Gasteiger charge is -2.27. The molecule has 0 aromatic carbocycles. The van der Waals surface area contributed by atoms with Crippen molar-refractivity contribution in [2.24, 2.45) is 11.8 Å². The van der Waals surface area contributed by atoms with E-state index in [-0.39, 0.29) is 24.1 Å². The first-order valence-corrected chi connectivity index (χ1v) is 7.57. The number of hydrogen-bond acceptors (Lipinski definition) is 4. The van der Waals surface area contributed by atoms with Crippen molar-refractivity contribution in [3.05, 3.63) is 28.5 Å². The van der Waals surface area contributed by atoms with Crippen molar-refractivity contribution in [3.8, 4) is 0 Å². The number of aliphatic carboxylic acids is 1. The quantitative estimate of drug-likeness (QED) is 0.838. The number of rotatable bonds is 5. The summed E-state index contributed by atoms with van der Waals surface area (Å²) in [5.41, 5.74) is 0.273. The number of halogens is 1. The number of ether oxygens (including phenoxy) is 1. The largest absolute Gasteiger partial charge is 0.481 e. The van der Waals surface area contributed by atoms with Crippen LogP contribution in [0.25, 0.3) is 0 Å². The third-order valence-electron chi connectivity index (χ3n) is 3.59. The molecule has 0 spiro atoms. The average Bonchev–Trinajstić information content (AvgIpc) is 2.48. The van der Waals surface area contributed by atoms with Crippen molar-refractivity contribution >= 4 is 27.8 Å². The summed E-state index contributed by atoms with van der Waals surface area (Å²) in [6.07, 6.45) is 2.95. The van der Waals surface area contributed by atoms with Crippen LogP contribution in [0.2, 0.25) is 0 Å². The van der Waals surface area contributed by atoms with Crippen molar-refractivity contribution in [1.82, 2.24) is 10.3 Å². The maximum Gasteiger partial charge on any atom is 0.308 e. The Balaban J connectivity index is 1.93. The van der Waals surface area contributed by atoms with E-state index >= 15 is 0 Å². The van der Waals surface area contributed by atoms with E-state index in [2.05, 4.69) is 26.2 Å². The van der Waals surface area contributed by atoms with Gasteiger partial charge in [0.05, 0.1) is 5.92 Å². The fraction of sp³-hybridized carbons (Fsp3) is 0.500. The second-order valence-corrected chi connectivity index (χ2v) is 5.88. The summed E-state index contributed by atoms with van der Waals surface area (Å²) in [5, 5.41) is 12.0. The van der Waals surface area contributed by atoms with Crippen LogP contribution in [-0.2, 0) is 9.53 Å². The lowest BCUT2D eigenvalue weighted by Crippen LogP contribution is -2.39. The molecule has 21 heavy (non-hydrogen) atoms. The number of nitrogens with zero attached hydrogens (tertiary/aromatic N) is 1. The summed E-state index contributed by atoms with van der Waals surface area (Å²) in [6, 6.07) is 3.30. The van der Waals surface area contributed by atoms with Gasteiger partial charge in [-0.05, 0) is 46.8 Å². The molecule has 1 saturated heterocycles. The molecule has 1 aliphatic heterocycles. The van der Waals surface area contributed by atoms with Gasteiger partial charge in [-0.25, -0.2) is 4.98 Å². The molecule has 1 unspecified atom stereocenters. The zero-order valence-electron chi connectivity index (χ0n) is 11.4. The predicted octanol–water partition coefficient (Wildman–Crippen LogP) is 1.70. The van der Waals surface area contributed by atoms with Crippen LogP contribution in [0.15, 0.2) is 22.8 Å². The Morgan fingerprint density at radius 3 is 2.71 bits per heavy atom. The first kappa shape index (κ1) is 15.9. The zero-order chi connectivity index (χ0) is 15.2. The molecule has 2 N–H and O–H groups in total. The van der Waals surface area contributed by atoms with Gasteiger partial charge in [0.15, 0.2) is 0 Å². The minimum atomic E-state index is -0.883. The maximum atomic E-state index is 12.0. The fourth-order valence-electron chi connectivity index (χ4n) is 2.38. The van der Waals surface area contributed by atoms with E-state index in [4.69, 9.17) is 4.74 Å². The normalized spacial score (nSPS) is 17.2. The van der Waals surface area contributed by atoms with E-state index in [0.717, 1.165) is 4.47 Å². The first-order chi connectivity index (χ1) is 10.1. The van der Waals surface area contributed by atoms with Gasteiger partial charge in [-0.3, -0.25) is 9.59 Å². The van der Waals surface area contributed by atoms with Crippen molar-refractivity contribution in [2.45, 2.75) is 12.8 Å². The molecule has 0 aliphatic carbocycles. The number of amides is 1. The number of carbonyl (C=O) groups excluding carboxylic acids is 1. The molecule has 7 heteroatoms. The third kappa shape index (κ3) is 4.50. The monoisotopic (exact) mass is 356 g/mol. The van der Waals surface area contributed by atoms with Crippen molar-refractivity contribution in [1.29, 1.82) is 0 Å². The van der Waals surface area contributed by atoms with Gasteiger partial charge in [-0.15, -0.1) is 0 Å². The van der Waals surface area contributed by atoms with E-state index in [0.29, 0.717) is 26.1 Å². The van der Waals surface area contributed by atoms with Gasteiger partial charge in [-0.2, -0.15) is 0 Å². The van der Waals surface area contributed by atoms with Crippen LogP contribution < -0.4 is 5.32 Å². The molecule has 1 fully saturated rings. The Hall–Kier alpha value is -1.47. The Morgan fingerprint density at radius 2 is 2.14 bits per heavy atom. The van der Waals surface area contributed by atoms with Crippen LogP contribution in [0.5, 0.6) is 0 Å². The second-order valence-electron chi connectivity index (χ2n) is 4.97. The molecule has 1 aliphatic rings. The minimum Gasteiger partial charge on any atom is -0.481 e. The van der Waals surface area contributed by atoms with Gasteiger partial charge in [-0.1, -0.05) is 0 Å². The van der Waals surface area contributed by atoms with E-state index in [9.17, 15) is 14.7 Å². The molecule has 6 nitrogen and oxygen atoms in total. The van der Waals surface area contributed by atoms with E-state index in [1.807, 2.05) is 0 Å². The molecule has 114 valence electrons. The Morgan fingerprint density at radius 1 is 1.43 bits per heavy atom. The summed E-state index contributed by atoms with van der Waals surface area (Å²) < 4.78 is 6.02. The smallest absolute Gasteiger partial charge is 0.308 e. The number of pyridine rings is 1. The van der Waals surface area contributed by atoms with Crippen molar-refractivity contribution < 1.29 is 19.4 Å². The van der Waals surface area contributed by atoms with Crippen LogP contribution in [0.3, 0.4) is 0 Å². The highest BCUT2D eigenvalue weighted by Crippen LogP contribution is 2.23. The summed E-state index contributed by atoms with van der Waals surface area (Å²) in [4.78, 5) is 27.3. The van der Waals surface area contributed by atoms with Crippen LogP contribution in [0.1, 0.15) is 23.3 Å². The predicted molar refractivity (Wildman–Crippen MR) is 78.9 cm³/mol. The number of aromatic nitrogens is 1. The van der Waals surface area contributed by atoms with Crippen molar-refractivity contribution in [3.63, 3.8) is 0 Å². The summed E-state index contributed by atoms with van der Waals surface area (Å²) in [6.45, 7) is 1.27. The highest BCUT2D eigenvalue weighted by atomic mass is 79.9. The fourth-order valence-corrected chi connectivity index (χ4v) is 2.61. The lowest BCUT2D eigenvalue weighted by atomic mass is 9.86. The minimum absolute atomic E-state index is 0.0365. The van der Waals surface area contributed by atoms with Gasteiger partial charge in [0.1, 0.15) is 5.69 Å². The first-order valence-electron chi connectivity index (χ1n) is 6.78. The molecule has 2 heterocycles. The van der Waals surface area contributed by atoms with Gasteiger partial charge in [0.25, 0.3) is 5.91 Å². The van der Waals surface area contributed by atoms with Gasteiger partial charge in [0, 0.05) is 30.4 Å². The van der Waals surface area contributed by atoms with E-state index < -0.39 is 11.9 Å². The van der Waals surface area contributed by atoms with Crippen LogP contribution in [0, 0.1) is 11.8 Å². The molecule has 1 amide bonds. The standard InChI is InChI=1S/C14H17BrN2O4/c15-10-1-2-12(16-7-10)13(18)17-8-11(14(19)20)9-3-5-21-6-4-9/h1-2,7,9,11H,3-6,8H2,(H,17,18)(H,19,20). The third-order valence-corrected chi connectivity index (χ3v) is 4.06. The summed E-state index contributed by atoms with van der Waals surface area (Å²) in [7, 11) is 0. The molecule has 1 aromatic rings. The average molecular weight is 357 g/mol. The Labute approximate surface area is 131 Å². The van der Waals surface area contributed by atoms with E-state index in [1.165, 1.54) is 6.20 Å². The number of hydrogen-bond donors (Lipinski definition) is 2. The SMILES string of the molecule is O=C(NCC(C(=O)O)C1CCOCC1)c1ccc(Br)cn1. The molecular formula is C14H17BrN2O4. The topological polar surface area (TPSA) is 88.5 Å². The number of nitrogens with one attached hydrogen (secondary N) is 1. The molecule has 0 radical (unpaired) electrons. The van der Waals surface area contributed by atoms with Gasteiger partial charge < -0.3 is 15.2 Å². The lowest BCUT2D eigenvalue weighted by molar-refractivity contribution is -0.144. The molecular weight excluding hydrogens is 340 g/mol. The molecule has 1 aromatic heterocycles. The molecule has 2 rings (SSSR count). The maximum absolute atomic E-state index is 12.0. The van der Waals surface area contributed by atoms with Gasteiger partial charge >= 0.3 is 5.97 Å². The van der Waals surface area contributed by atoms with Crippen LogP contribution in [-0.4, -0.2) is 41.7 Å². The van der Waals surface area contributed by atoms with Gasteiger partial charge in [0.2, 0.25) is 0 Å². The molecule has 1 atom stereocenters. The highest BCUT2D eigenvalue weighted by molar-refractivity contribution is 9.10. The number of carbonyl (C=O) groups is 2. The van der Waals surface area contributed by atoms with E-state index in [1.54, 1.807) is 12.1 Å². The highest BCUT2D eigenvalue weighted by Gasteiger charge is 2.30. The summed E-state index contributed by atoms with van der Waals surface area (Å²) >= 11 is 3.24. The van der Waals surface area contributed by atoms with Crippen molar-refractivity contribution in [2.75, 3.05) is 19.8 Å². The number of carboxylic acids is 1. The Bertz CT molecular complexity index is 500.